The Labute approximate surface area is 194 Å². The lowest BCUT2D eigenvalue weighted by Gasteiger charge is -2.32. The smallest absolute Gasteiger partial charge is 0.314 e. The lowest BCUT2D eigenvalue weighted by atomic mass is 9.91. The number of primary amides is 1. The zero-order valence-corrected chi connectivity index (χ0v) is 19.2. The standard InChI is InChI=1S/C20H42N4O9/c21-17(18(22)30)3-1-2-4-23-19(31)24-11-20(12-29,13-32-9-15(5-25)6-26)14-33-10-16(7-27)8-28/h15-17,25-29H,1-14,21H2,(H2,22,30)(H2,23,24,31)/t17-/m1/s1. The minimum atomic E-state index is -1.03. The molecular weight excluding hydrogens is 440 g/mol. The highest BCUT2D eigenvalue weighted by atomic mass is 16.5. The van der Waals surface area contributed by atoms with Crippen molar-refractivity contribution in [3.05, 3.63) is 0 Å². The highest BCUT2D eigenvalue weighted by molar-refractivity contribution is 5.79. The van der Waals surface area contributed by atoms with E-state index in [0.717, 1.165) is 0 Å². The zero-order chi connectivity index (χ0) is 25.1. The molecule has 0 aliphatic heterocycles. The number of aliphatic hydroxyl groups excluding tert-OH is 5. The summed E-state index contributed by atoms with van der Waals surface area (Å²) in [5.74, 6) is -1.53. The minimum absolute atomic E-state index is 0.00623. The van der Waals surface area contributed by atoms with E-state index in [9.17, 15) is 14.7 Å². The molecule has 1 atom stereocenters. The molecule has 0 radical (unpaired) electrons. The van der Waals surface area contributed by atoms with Crippen LogP contribution in [0.4, 0.5) is 4.79 Å². The van der Waals surface area contributed by atoms with E-state index in [0.29, 0.717) is 25.8 Å². The highest BCUT2D eigenvalue weighted by Crippen LogP contribution is 2.18. The predicted molar refractivity (Wildman–Crippen MR) is 119 cm³/mol. The fourth-order valence-electron chi connectivity index (χ4n) is 2.67. The van der Waals surface area contributed by atoms with Crippen LogP contribution in [0.5, 0.6) is 0 Å². The number of nitrogens with one attached hydrogen (secondary N) is 2. The van der Waals surface area contributed by atoms with Crippen LogP contribution in [-0.4, -0.2) is 116 Å². The average Bonchev–Trinajstić information content (AvgIpc) is 2.82. The van der Waals surface area contributed by atoms with E-state index in [1.54, 1.807) is 0 Å². The van der Waals surface area contributed by atoms with E-state index < -0.39 is 41.8 Å². The fourth-order valence-corrected chi connectivity index (χ4v) is 2.67. The number of hydrogen-bond acceptors (Lipinski definition) is 10. The monoisotopic (exact) mass is 482 g/mol. The highest BCUT2D eigenvalue weighted by Gasteiger charge is 2.32. The molecule has 0 rings (SSSR count). The first-order valence-electron chi connectivity index (χ1n) is 11.0. The third-order valence-electron chi connectivity index (χ3n) is 5.11. The van der Waals surface area contributed by atoms with Crippen LogP contribution in [-0.2, 0) is 14.3 Å². The third-order valence-corrected chi connectivity index (χ3v) is 5.11. The third kappa shape index (κ3) is 14.3. The molecule has 33 heavy (non-hydrogen) atoms. The maximum Gasteiger partial charge on any atom is 0.314 e. The largest absolute Gasteiger partial charge is 0.396 e. The first kappa shape index (κ1) is 31.4. The van der Waals surface area contributed by atoms with Gasteiger partial charge in [0, 0.05) is 24.9 Å². The Balaban J connectivity index is 4.67. The summed E-state index contributed by atoms with van der Waals surface area (Å²) in [4.78, 5) is 23.0. The molecule has 11 N–H and O–H groups in total. The minimum Gasteiger partial charge on any atom is -0.396 e. The molecule has 3 amide bonds. The van der Waals surface area contributed by atoms with Gasteiger partial charge >= 0.3 is 6.03 Å². The fraction of sp³-hybridized carbons (Fsp3) is 0.900. The van der Waals surface area contributed by atoms with Gasteiger partial charge in [0.05, 0.1) is 70.9 Å². The van der Waals surface area contributed by atoms with Crippen molar-refractivity contribution < 1.29 is 44.6 Å². The molecule has 196 valence electrons. The summed E-state index contributed by atoms with van der Waals surface area (Å²) >= 11 is 0. The van der Waals surface area contributed by atoms with Crippen molar-refractivity contribution in [2.24, 2.45) is 28.7 Å². The summed E-state index contributed by atoms with van der Waals surface area (Å²) < 4.78 is 11.1. The van der Waals surface area contributed by atoms with Crippen molar-refractivity contribution in [1.82, 2.24) is 10.6 Å². The Hall–Kier alpha value is -1.58. The molecule has 0 heterocycles. The van der Waals surface area contributed by atoms with Crippen molar-refractivity contribution in [1.29, 1.82) is 0 Å². The second-order valence-electron chi connectivity index (χ2n) is 8.26. The molecule has 0 aromatic rings. The number of aliphatic hydroxyl groups is 5. The topological polar surface area (TPSA) is 230 Å². The molecule has 0 aromatic heterocycles. The van der Waals surface area contributed by atoms with Crippen molar-refractivity contribution in [3.63, 3.8) is 0 Å². The van der Waals surface area contributed by atoms with E-state index in [1.165, 1.54) is 0 Å². The van der Waals surface area contributed by atoms with Crippen LogP contribution in [0.2, 0.25) is 0 Å². The number of rotatable bonds is 21. The van der Waals surface area contributed by atoms with Crippen LogP contribution in [0.1, 0.15) is 19.3 Å². The zero-order valence-electron chi connectivity index (χ0n) is 19.2. The van der Waals surface area contributed by atoms with E-state index in [2.05, 4.69) is 10.6 Å². The van der Waals surface area contributed by atoms with Gasteiger partial charge in [-0.25, -0.2) is 4.79 Å². The van der Waals surface area contributed by atoms with Gasteiger partial charge in [0.25, 0.3) is 0 Å². The van der Waals surface area contributed by atoms with Crippen LogP contribution >= 0.6 is 0 Å². The summed E-state index contributed by atoms with van der Waals surface area (Å²) in [7, 11) is 0. The molecule has 0 saturated carbocycles. The Kier molecular flexibility index (Phi) is 17.9. The van der Waals surface area contributed by atoms with Gasteiger partial charge in [-0.05, 0) is 19.3 Å². The molecule has 0 spiro atoms. The normalized spacial score (nSPS) is 12.8. The van der Waals surface area contributed by atoms with Gasteiger partial charge in [-0.1, -0.05) is 0 Å². The number of urea groups is 1. The number of carbonyl (C=O) groups excluding carboxylic acids is 2. The van der Waals surface area contributed by atoms with E-state index in [4.69, 9.17) is 41.4 Å². The van der Waals surface area contributed by atoms with E-state index in [1.807, 2.05) is 0 Å². The van der Waals surface area contributed by atoms with Crippen molar-refractivity contribution in [2.75, 3.05) is 72.6 Å². The van der Waals surface area contributed by atoms with Crippen molar-refractivity contribution >= 4 is 11.9 Å². The molecule has 0 aliphatic carbocycles. The molecule has 0 saturated heterocycles. The lowest BCUT2D eigenvalue weighted by Crippen LogP contribution is -2.49. The molecule has 0 fully saturated rings. The summed E-state index contributed by atoms with van der Waals surface area (Å²) in [5.41, 5.74) is 9.61. The van der Waals surface area contributed by atoms with Gasteiger partial charge in [0.15, 0.2) is 0 Å². The number of carbonyl (C=O) groups is 2. The predicted octanol–water partition coefficient (Wildman–Crippen LogP) is -3.52. The summed E-state index contributed by atoms with van der Waals surface area (Å²) in [5, 5.41) is 52.0. The van der Waals surface area contributed by atoms with Crippen LogP contribution in [0.3, 0.4) is 0 Å². The van der Waals surface area contributed by atoms with Crippen molar-refractivity contribution in [3.8, 4) is 0 Å². The van der Waals surface area contributed by atoms with E-state index >= 15 is 0 Å². The Morgan fingerprint density at radius 2 is 1.36 bits per heavy atom. The summed E-state index contributed by atoms with van der Waals surface area (Å²) in [6.07, 6.45) is 1.63. The second kappa shape index (κ2) is 18.8. The Morgan fingerprint density at radius 3 is 1.79 bits per heavy atom. The quantitative estimate of drug-likeness (QED) is 0.0732. The maximum atomic E-state index is 12.1. The van der Waals surface area contributed by atoms with Gasteiger partial charge < -0.3 is 57.1 Å². The summed E-state index contributed by atoms with van der Waals surface area (Å²) in [6.45, 7) is -1.09. The first-order valence-corrected chi connectivity index (χ1v) is 11.0. The van der Waals surface area contributed by atoms with Crippen molar-refractivity contribution in [2.45, 2.75) is 25.3 Å². The van der Waals surface area contributed by atoms with Crippen LogP contribution in [0.15, 0.2) is 0 Å². The number of nitrogens with two attached hydrogens (primary N) is 2. The molecule has 13 nitrogen and oxygen atoms in total. The Morgan fingerprint density at radius 1 is 0.848 bits per heavy atom. The molecule has 0 aromatic carbocycles. The second-order valence-corrected chi connectivity index (χ2v) is 8.26. The number of amides is 3. The van der Waals surface area contributed by atoms with Gasteiger partial charge in [-0.2, -0.15) is 0 Å². The summed E-state index contributed by atoms with van der Waals surface area (Å²) in [6, 6.07) is -1.18. The van der Waals surface area contributed by atoms with Gasteiger partial charge in [-0.15, -0.1) is 0 Å². The molecule has 0 unspecified atom stereocenters. The van der Waals surface area contributed by atoms with Gasteiger partial charge in [-0.3, -0.25) is 4.79 Å². The lowest BCUT2D eigenvalue weighted by molar-refractivity contribution is -0.119. The number of ether oxygens (including phenoxy) is 2. The van der Waals surface area contributed by atoms with Gasteiger partial charge in [0.1, 0.15) is 0 Å². The van der Waals surface area contributed by atoms with E-state index in [-0.39, 0.29) is 59.4 Å². The molecular formula is C20H42N4O9. The van der Waals surface area contributed by atoms with Crippen LogP contribution in [0.25, 0.3) is 0 Å². The SMILES string of the molecule is NC(=O)[C@H](N)CCCCNC(=O)NCC(CO)(COCC(CO)CO)COCC(CO)CO. The number of unbranched alkanes of at least 4 members (excludes halogenated alkanes) is 1. The maximum absolute atomic E-state index is 12.1. The number of hydrogen-bond donors (Lipinski definition) is 9. The Bertz CT molecular complexity index is 502. The van der Waals surface area contributed by atoms with Gasteiger partial charge in [0.2, 0.25) is 5.91 Å². The molecule has 0 bridgehead atoms. The van der Waals surface area contributed by atoms with Crippen LogP contribution < -0.4 is 22.1 Å². The molecule has 13 heteroatoms. The van der Waals surface area contributed by atoms with Crippen LogP contribution in [0, 0.1) is 17.3 Å². The average molecular weight is 483 g/mol. The molecule has 0 aliphatic rings. The first-order chi connectivity index (χ1) is 15.8.